The van der Waals surface area contributed by atoms with Gasteiger partial charge in [-0.15, -0.1) is 0 Å². The highest BCUT2D eigenvalue weighted by atomic mass is 79.9. The molecule has 1 aromatic carbocycles. The average molecular weight is 340 g/mol. The summed E-state index contributed by atoms with van der Waals surface area (Å²) in [5.74, 6) is -0.631. The van der Waals surface area contributed by atoms with Crippen LogP contribution < -0.4 is 0 Å². The summed E-state index contributed by atoms with van der Waals surface area (Å²) in [5.41, 5.74) is 0.760. The molecule has 0 bridgehead atoms. The minimum Gasteiger partial charge on any atom is -0.481 e. The zero-order valence-corrected chi connectivity index (χ0v) is 13.7. The van der Waals surface area contributed by atoms with Crippen molar-refractivity contribution < 1.29 is 9.90 Å². The van der Waals surface area contributed by atoms with Gasteiger partial charge in [-0.3, -0.25) is 9.69 Å². The van der Waals surface area contributed by atoms with E-state index >= 15 is 0 Å². The molecule has 0 radical (unpaired) electrons. The third kappa shape index (κ3) is 2.91. The van der Waals surface area contributed by atoms with Crippen molar-refractivity contribution in [2.24, 2.45) is 5.41 Å². The van der Waals surface area contributed by atoms with Crippen molar-refractivity contribution in [3.05, 3.63) is 34.3 Å². The van der Waals surface area contributed by atoms with Gasteiger partial charge in [-0.2, -0.15) is 0 Å². The van der Waals surface area contributed by atoms with Crippen molar-refractivity contribution in [3.63, 3.8) is 0 Å². The number of benzene rings is 1. The summed E-state index contributed by atoms with van der Waals surface area (Å²) in [5, 5.41) is 9.45. The van der Waals surface area contributed by atoms with Crippen molar-refractivity contribution in [3.8, 4) is 0 Å². The van der Waals surface area contributed by atoms with Gasteiger partial charge in [-0.05, 0) is 50.9 Å². The first kappa shape index (κ1) is 15.5. The Morgan fingerprint density at radius 3 is 2.50 bits per heavy atom. The lowest BCUT2D eigenvalue weighted by Gasteiger charge is -2.41. The topological polar surface area (TPSA) is 40.5 Å². The van der Waals surface area contributed by atoms with Crippen LogP contribution in [-0.2, 0) is 4.79 Å². The van der Waals surface area contributed by atoms with Gasteiger partial charge in [0.15, 0.2) is 0 Å². The summed E-state index contributed by atoms with van der Waals surface area (Å²) in [6.45, 7) is 5.88. The molecule has 1 fully saturated rings. The van der Waals surface area contributed by atoms with Crippen molar-refractivity contribution in [2.45, 2.75) is 39.2 Å². The fourth-order valence-electron chi connectivity index (χ4n) is 3.07. The first-order chi connectivity index (χ1) is 9.50. The highest BCUT2D eigenvalue weighted by molar-refractivity contribution is 9.10. The summed E-state index contributed by atoms with van der Waals surface area (Å²) < 4.78 is 1.12. The molecule has 1 unspecified atom stereocenters. The Morgan fingerprint density at radius 1 is 1.40 bits per heavy atom. The Kier molecular flexibility index (Phi) is 4.86. The van der Waals surface area contributed by atoms with Crippen molar-refractivity contribution in [2.75, 3.05) is 13.1 Å². The van der Waals surface area contributed by atoms with Crippen molar-refractivity contribution in [1.29, 1.82) is 0 Å². The van der Waals surface area contributed by atoms with E-state index in [1.807, 2.05) is 19.1 Å². The molecule has 1 aromatic rings. The van der Waals surface area contributed by atoms with E-state index in [1.54, 1.807) is 0 Å². The molecule has 4 heteroatoms. The molecule has 0 saturated carbocycles. The van der Waals surface area contributed by atoms with Crippen molar-refractivity contribution >= 4 is 21.9 Å². The molecule has 20 heavy (non-hydrogen) atoms. The number of nitrogens with zero attached hydrogens (tertiary/aromatic N) is 1. The molecule has 3 nitrogen and oxygen atoms in total. The van der Waals surface area contributed by atoms with Crippen LogP contribution in [0.5, 0.6) is 0 Å². The number of halogens is 1. The van der Waals surface area contributed by atoms with Crippen molar-refractivity contribution in [1.82, 2.24) is 4.90 Å². The molecule has 0 spiro atoms. The van der Waals surface area contributed by atoms with E-state index in [1.165, 1.54) is 5.56 Å². The second kappa shape index (κ2) is 6.27. The minimum absolute atomic E-state index is 0.314. The number of carbonyl (C=O) groups is 1. The van der Waals surface area contributed by atoms with Crippen LogP contribution in [0.25, 0.3) is 0 Å². The summed E-state index contributed by atoms with van der Waals surface area (Å²) in [4.78, 5) is 13.9. The number of rotatable bonds is 4. The summed E-state index contributed by atoms with van der Waals surface area (Å²) in [7, 11) is 0. The van der Waals surface area contributed by atoms with E-state index < -0.39 is 11.4 Å². The number of piperidine rings is 1. The molecular weight excluding hydrogens is 318 g/mol. The first-order valence-electron chi connectivity index (χ1n) is 7.22. The molecule has 0 aromatic heterocycles. The monoisotopic (exact) mass is 339 g/mol. The summed E-state index contributed by atoms with van der Waals surface area (Å²) >= 11 is 3.60. The summed E-state index contributed by atoms with van der Waals surface area (Å²) in [6.07, 6.45) is 2.21. The summed E-state index contributed by atoms with van der Waals surface area (Å²) in [6, 6.07) is 8.57. The lowest BCUT2D eigenvalue weighted by Crippen LogP contribution is -2.44. The third-order valence-corrected chi connectivity index (χ3v) is 5.51. The number of aliphatic carboxylic acids is 1. The Bertz CT molecular complexity index is 481. The molecular formula is C16H22BrNO2. The molecule has 1 heterocycles. The fraction of sp³-hybridized carbons (Fsp3) is 0.562. The lowest BCUT2D eigenvalue weighted by atomic mass is 9.76. The molecule has 1 saturated heterocycles. The number of carboxylic acids is 1. The average Bonchev–Trinajstić information content (AvgIpc) is 2.47. The van der Waals surface area contributed by atoms with Gasteiger partial charge < -0.3 is 5.11 Å². The van der Waals surface area contributed by atoms with Gasteiger partial charge in [0, 0.05) is 10.5 Å². The maximum atomic E-state index is 11.5. The smallest absolute Gasteiger partial charge is 0.309 e. The van der Waals surface area contributed by atoms with Gasteiger partial charge in [0.2, 0.25) is 0 Å². The number of carboxylic acid groups (broad SMARTS) is 1. The van der Waals surface area contributed by atoms with Gasteiger partial charge in [-0.25, -0.2) is 0 Å². The third-order valence-electron chi connectivity index (χ3n) is 4.79. The highest BCUT2D eigenvalue weighted by Crippen LogP contribution is 2.38. The van der Waals surface area contributed by atoms with E-state index in [-0.39, 0.29) is 0 Å². The van der Waals surface area contributed by atoms with Crippen LogP contribution in [0.3, 0.4) is 0 Å². The predicted octanol–water partition coefficient (Wildman–Crippen LogP) is 4.09. The SMILES string of the molecule is CCC1(C(=O)O)CCN(C(C)c2ccccc2Br)CC1. The minimum atomic E-state index is -0.631. The highest BCUT2D eigenvalue weighted by Gasteiger charge is 2.40. The standard InChI is InChI=1S/C16H22BrNO2/c1-3-16(15(19)20)8-10-18(11-9-16)12(2)13-6-4-5-7-14(13)17/h4-7,12H,3,8-11H2,1-2H3,(H,19,20). The van der Waals surface area contributed by atoms with Gasteiger partial charge in [-0.1, -0.05) is 41.1 Å². The number of hydrogen-bond donors (Lipinski definition) is 1. The normalized spacial score (nSPS) is 20.6. The molecule has 110 valence electrons. The number of hydrogen-bond acceptors (Lipinski definition) is 2. The van der Waals surface area contributed by atoms with Crippen LogP contribution in [0.15, 0.2) is 28.7 Å². The molecule has 0 aliphatic carbocycles. The predicted molar refractivity (Wildman–Crippen MR) is 83.7 cm³/mol. The molecule has 2 rings (SSSR count). The molecule has 1 N–H and O–H groups in total. The molecule has 0 amide bonds. The molecule has 1 atom stereocenters. The van der Waals surface area contributed by atoms with Gasteiger partial charge in [0.05, 0.1) is 5.41 Å². The Labute approximate surface area is 129 Å². The van der Waals surface area contributed by atoms with Gasteiger partial charge in [0.1, 0.15) is 0 Å². The lowest BCUT2D eigenvalue weighted by molar-refractivity contribution is -0.152. The Balaban J connectivity index is 2.07. The zero-order valence-electron chi connectivity index (χ0n) is 12.1. The first-order valence-corrected chi connectivity index (χ1v) is 8.01. The van der Waals surface area contributed by atoms with E-state index in [2.05, 4.69) is 39.9 Å². The van der Waals surface area contributed by atoms with Gasteiger partial charge >= 0.3 is 5.97 Å². The largest absolute Gasteiger partial charge is 0.481 e. The maximum Gasteiger partial charge on any atom is 0.309 e. The number of likely N-dealkylation sites (tertiary alicyclic amines) is 1. The van der Waals surface area contributed by atoms with E-state index in [4.69, 9.17) is 0 Å². The van der Waals surface area contributed by atoms with Gasteiger partial charge in [0.25, 0.3) is 0 Å². The Morgan fingerprint density at radius 2 is 2.00 bits per heavy atom. The second-order valence-electron chi connectivity index (χ2n) is 5.67. The van der Waals surface area contributed by atoms with Crippen LogP contribution in [0.4, 0.5) is 0 Å². The quantitative estimate of drug-likeness (QED) is 0.898. The van der Waals surface area contributed by atoms with E-state index in [0.717, 1.165) is 36.8 Å². The van der Waals surface area contributed by atoms with Crippen LogP contribution in [0, 0.1) is 5.41 Å². The molecule has 1 aliphatic rings. The fourth-order valence-corrected chi connectivity index (χ4v) is 3.68. The van der Waals surface area contributed by atoms with Crippen LogP contribution in [-0.4, -0.2) is 29.1 Å². The Hall–Kier alpha value is -0.870. The van der Waals surface area contributed by atoms with Crippen LogP contribution in [0.2, 0.25) is 0 Å². The zero-order chi connectivity index (χ0) is 14.8. The van der Waals surface area contributed by atoms with Crippen LogP contribution >= 0.6 is 15.9 Å². The van der Waals surface area contributed by atoms with E-state index in [9.17, 15) is 9.90 Å². The van der Waals surface area contributed by atoms with Crippen LogP contribution in [0.1, 0.15) is 44.7 Å². The molecule has 1 aliphatic heterocycles. The van der Waals surface area contributed by atoms with E-state index in [0.29, 0.717) is 6.04 Å². The second-order valence-corrected chi connectivity index (χ2v) is 6.53. The maximum absolute atomic E-state index is 11.5.